The number of amides is 1. The lowest BCUT2D eigenvalue weighted by atomic mass is 9.87. The Morgan fingerprint density at radius 1 is 0.944 bits per heavy atom. The lowest BCUT2D eigenvalue weighted by molar-refractivity contribution is 0.0951. The molecule has 2 aromatic carbocycles. The van der Waals surface area contributed by atoms with Crippen LogP contribution in [0.4, 0.5) is 0 Å². The maximum atomic E-state index is 13.2. The van der Waals surface area contributed by atoms with Crippen molar-refractivity contribution in [3.63, 3.8) is 0 Å². The molecule has 1 aliphatic heterocycles. The third kappa shape index (κ3) is 6.55. The van der Waals surface area contributed by atoms with Gasteiger partial charge in [-0.3, -0.25) is 9.69 Å². The first-order valence-electron chi connectivity index (χ1n) is 12.0. The van der Waals surface area contributed by atoms with Gasteiger partial charge < -0.3 is 5.32 Å². The van der Waals surface area contributed by atoms with Gasteiger partial charge in [0.25, 0.3) is 15.9 Å². The molecule has 6 nitrogen and oxygen atoms in total. The van der Waals surface area contributed by atoms with E-state index in [4.69, 9.17) is 11.6 Å². The molecule has 36 heavy (non-hydrogen) atoms. The predicted octanol–water partition coefficient (Wildman–Crippen LogP) is 5.14. The monoisotopic (exact) mass is 545 g/mol. The topological polar surface area (TPSA) is 69.7 Å². The molecule has 0 bridgehead atoms. The molecule has 1 fully saturated rings. The molecule has 0 unspecified atom stereocenters. The lowest BCUT2D eigenvalue weighted by Crippen LogP contribution is -2.48. The average Bonchev–Trinajstić information content (AvgIpc) is 3.33. The molecule has 0 saturated carbocycles. The molecule has 3 aromatic rings. The Labute approximate surface area is 222 Å². The molecule has 1 amide bonds. The highest BCUT2D eigenvalue weighted by atomic mass is 35.5. The smallest absolute Gasteiger partial charge is 0.252 e. The molecule has 9 heteroatoms. The summed E-state index contributed by atoms with van der Waals surface area (Å²) in [5, 5.41) is 3.40. The fourth-order valence-corrected chi connectivity index (χ4v) is 7.08. The van der Waals surface area contributed by atoms with Crippen LogP contribution in [0.2, 0.25) is 5.02 Å². The zero-order valence-electron chi connectivity index (χ0n) is 20.8. The van der Waals surface area contributed by atoms with Crippen LogP contribution in [0.1, 0.15) is 47.1 Å². The SMILES string of the molecule is CC(C)(C)c1ccc(CN2CCN(S(=O)(=O)c3ccc(CNC(=O)c4ccc(Cl)cc4)s3)CC2)cc1. The number of carbonyl (C=O) groups is 1. The van der Waals surface area contributed by atoms with Gasteiger partial charge in [0.15, 0.2) is 0 Å². The van der Waals surface area contributed by atoms with Crippen molar-refractivity contribution in [2.45, 2.75) is 43.5 Å². The summed E-state index contributed by atoms with van der Waals surface area (Å²) < 4.78 is 28.3. The van der Waals surface area contributed by atoms with Crippen molar-refractivity contribution >= 4 is 38.9 Å². The van der Waals surface area contributed by atoms with Gasteiger partial charge in [-0.1, -0.05) is 56.6 Å². The van der Waals surface area contributed by atoms with E-state index in [1.54, 1.807) is 40.7 Å². The van der Waals surface area contributed by atoms with Gasteiger partial charge in [0, 0.05) is 48.2 Å². The van der Waals surface area contributed by atoms with Crippen LogP contribution in [0, 0.1) is 0 Å². The Morgan fingerprint density at radius 3 is 2.19 bits per heavy atom. The van der Waals surface area contributed by atoms with Crippen LogP contribution in [-0.4, -0.2) is 49.7 Å². The number of hydrogen-bond donors (Lipinski definition) is 1. The van der Waals surface area contributed by atoms with E-state index in [1.807, 2.05) is 0 Å². The van der Waals surface area contributed by atoms with Crippen molar-refractivity contribution < 1.29 is 13.2 Å². The van der Waals surface area contributed by atoms with Gasteiger partial charge in [0.05, 0.1) is 6.54 Å². The van der Waals surface area contributed by atoms with E-state index in [1.165, 1.54) is 22.5 Å². The summed E-state index contributed by atoms with van der Waals surface area (Å²) in [6.07, 6.45) is 0. The maximum Gasteiger partial charge on any atom is 0.252 e. The molecule has 0 aliphatic carbocycles. The molecule has 0 radical (unpaired) electrons. The minimum atomic E-state index is -3.56. The number of sulfonamides is 1. The largest absolute Gasteiger partial charge is 0.347 e. The molecule has 192 valence electrons. The Bertz CT molecular complexity index is 1290. The Balaban J connectivity index is 1.30. The van der Waals surface area contributed by atoms with Gasteiger partial charge in [-0.05, 0) is 52.9 Å². The highest BCUT2D eigenvalue weighted by Gasteiger charge is 2.29. The molecular weight excluding hydrogens is 514 g/mol. The van der Waals surface area contributed by atoms with E-state index in [-0.39, 0.29) is 17.9 Å². The standard InChI is InChI=1S/C27H32ClN3O3S2/c1-27(2,3)22-8-4-20(5-9-22)19-30-14-16-31(17-15-30)36(33,34)25-13-12-24(35-25)18-29-26(32)21-6-10-23(28)11-7-21/h4-13H,14-19H2,1-3H3,(H,29,32). The van der Waals surface area contributed by atoms with Gasteiger partial charge >= 0.3 is 0 Å². The van der Waals surface area contributed by atoms with Crippen LogP contribution < -0.4 is 5.32 Å². The van der Waals surface area contributed by atoms with Crippen molar-refractivity contribution in [3.05, 3.63) is 87.3 Å². The number of hydrogen-bond acceptors (Lipinski definition) is 5. The molecule has 1 saturated heterocycles. The van der Waals surface area contributed by atoms with Crippen LogP contribution in [0.25, 0.3) is 0 Å². The third-order valence-electron chi connectivity index (χ3n) is 6.32. The highest BCUT2D eigenvalue weighted by molar-refractivity contribution is 7.91. The number of thiophene rings is 1. The normalized spacial score (nSPS) is 15.7. The summed E-state index contributed by atoms with van der Waals surface area (Å²) >= 11 is 7.07. The van der Waals surface area contributed by atoms with Gasteiger partial charge in [0.1, 0.15) is 4.21 Å². The Morgan fingerprint density at radius 2 is 1.58 bits per heavy atom. The molecule has 4 rings (SSSR count). The minimum absolute atomic E-state index is 0.127. The van der Waals surface area contributed by atoms with Crippen molar-refractivity contribution in [3.8, 4) is 0 Å². The Kier molecular flexibility index (Phi) is 8.22. The predicted molar refractivity (Wildman–Crippen MR) is 146 cm³/mol. The molecule has 1 N–H and O–H groups in total. The third-order valence-corrected chi connectivity index (χ3v) is 10.0. The molecule has 0 atom stereocenters. The first-order chi connectivity index (χ1) is 17.0. The van der Waals surface area contributed by atoms with Crippen LogP contribution in [0.5, 0.6) is 0 Å². The fourth-order valence-electron chi connectivity index (χ4n) is 4.09. The summed E-state index contributed by atoms with van der Waals surface area (Å²) in [5.41, 5.74) is 3.18. The lowest BCUT2D eigenvalue weighted by Gasteiger charge is -2.33. The van der Waals surface area contributed by atoms with E-state index in [0.29, 0.717) is 41.0 Å². The van der Waals surface area contributed by atoms with Crippen molar-refractivity contribution in [2.24, 2.45) is 0 Å². The number of rotatable bonds is 7. The first kappa shape index (κ1) is 26.8. The molecule has 0 spiro atoms. The van der Waals surface area contributed by atoms with E-state index in [0.717, 1.165) is 11.4 Å². The number of nitrogens with zero attached hydrogens (tertiary/aromatic N) is 2. The van der Waals surface area contributed by atoms with E-state index >= 15 is 0 Å². The number of carbonyl (C=O) groups excluding carboxylic acids is 1. The Hall–Kier alpha value is -2.23. The van der Waals surface area contributed by atoms with E-state index in [9.17, 15) is 13.2 Å². The van der Waals surface area contributed by atoms with Gasteiger partial charge in [-0.25, -0.2) is 8.42 Å². The highest BCUT2D eigenvalue weighted by Crippen LogP contribution is 2.27. The van der Waals surface area contributed by atoms with Crippen LogP contribution in [0.3, 0.4) is 0 Å². The number of halogens is 1. The van der Waals surface area contributed by atoms with Gasteiger partial charge in [0.2, 0.25) is 0 Å². The van der Waals surface area contributed by atoms with Gasteiger partial charge in [-0.15, -0.1) is 11.3 Å². The fraction of sp³-hybridized carbons (Fsp3) is 0.370. The zero-order valence-corrected chi connectivity index (χ0v) is 23.2. The summed E-state index contributed by atoms with van der Waals surface area (Å²) in [7, 11) is -3.56. The van der Waals surface area contributed by atoms with Crippen molar-refractivity contribution in [1.82, 2.24) is 14.5 Å². The molecule has 1 aliphatic rings. The summed E-state index contributed by atoms with van der Waals surface area (Å²) in [5.74, 6) is -0.228. The van der Waals surface area contributed by atoms with Crippen LogP contribution in [-0.2, 0) is 28.5 Å². The molecular formula is C27H32ClN3O3S2. The van der Waals surface area contributed by atoms with E-state index < -0.39 is 10.0 Å². The first-order valence-corrected chi connectivity index (χ1v) is 14.6. The van der Waals surface area contributed by atoms with Crippen molar-refractivity contribution in [2.75, 3.05) is 26.2 Å². The second-order valence-corrected chi connectivity index (χ2v) is 13.8. The van der Waals surface area contributed by atoms with Crippen molar-refractivity contribution in [1.29, 1.82) is 0 Å². The minimum Gasteiger partial charge on any atom is -0.347 e. The number of nitrogens with one attached hydrogen (secondary N) is 1. The number of piperazine rings is 1. The quantitative estimate of drug-likeness (QED) is 0.446. The summed E-state index contributed by atoms with van der Waals surface area (Å²) in [6, 6.07) is 18.7. The summed E-state index contributed by atoms with van der Waals surface area (Å²) in [4.78, 5) is 15.4. The van der Waals surface area contributed by atoms with Crippen LogP contribution >= 0.6 is 22.9 Å². The molecule has 2 heterocycles. The second-order valence-electron chi connectivity index (χ2n) is 10.0. The maximum absolute atomic E-state index is 13.2. The van der Waals surface area contributed by atoms with Crippen LogP contribution in [0.15, 0.2) is 64.9 Å². The molecule has 1 aromatic heterocycles. The second kappa shape index (κ2) is 11.0. The zero-order chi connectivity index (χ0) is 25.9. The van der Waals surface area contributed by atoms with Gasteiger partial charge in [-0.2, -0.15) is 4.31 Å². The number of benzene rings is 2. The van der Waals surface area contributed by atoms with E-state index in [2.05, 4.69) is 55.3 Å². The average molecular weight is 546 g/mol. The summed E-state index contributed by atoms with van der Waals surface area (Å²) in [6.45, 7) is 10.00.